The molecule has 2 N–H and O–H groups in total. The minimum Gasteiger partial charge on any atom is -0.426 e. The molecule has 0 aromatic heterocycles. The first-order valence-corrected chi connectivity index (χ1v) is 16.5. The van der Waals surface area contributed by atoms with E-state index in [4.69, 9.17) is 13.9 Å². The van der Waals surface area contributed by atoms with E-state index < -0.39 is 60.5 Å². The van der Waals surface area contributed by atoms with Crippen LogP contribution in [0.3, 0.4) is 0 Å². The highest BCUT2D eigenvalue weighted by molar-refractivity contribution is 6.69. The first-order chi connectivity index (χ1) is 15.9. The summed E-state index contributed by atoms with van der Waals surface area (Å²) in [6, 6.07) is 0. The average molecular weight is 509 g/mol. The third-order valence-electron chi connectivity index (χ3n) is 10.2. The Morgan fingerprint density at radius 1 is 1.14 bits per heavy atom. The van der Waals surface area contributed by atoms with Crippen LogP contribution in [0.25, 0.3) is 0 Å². The van der Waals surface area contributed by atoms with Crippen molar-refractivity contribution in [2.45, 2.75) is 117 Å². The third-order valence-corrected chi connectivity index (χ3v) is 11.2. The van der Waals surface area contributed by atoms with Crippen molar-refractivity contribution in [2.24, 2.45) is 28.6 Å². The number of fused-ring (bicyclic) bond motifs is 3. The Kier molecular flexibility index (Phi) is 6.05. The largest absolute Gasteiger partial charge is 0.509 e. The normalized spacial score (nSPS) is 47.3. The summed E-state index contributed by atoms with van der Waals surface area (Å²) in [7, 11) is -2.01. The molecule has 7 nitrogen and oxygen atoms in total. The second kappa shape index (κ2) is 7.89. The minimum atomic E-state index is -2.01. The monoisotopic (exact) mass is 508 g/mol. The number of hydrogen-bond acceptors (Lipinski definition) is 7. The Bertz CT molecular complexity index is 967. The predicted molar refractivity (Wildman–Crippen MR) is 134 cm³/mol. The molecule has 1 saturated heterocycles. The molecular weight excluding hydrogens is 464 g/mol. The zero-order valence-corrected chi connectivity index (χ0v) is 24.0. The molecule has 9 atom stereocenters. The molecule has 3 aliphatic carbocycles. The van der Waals surface area contributed by atoms with E-state index in [9.17, 15) is 19.8 Å². The van der Waals surface area contributed by atoms with Crippen LogP contribution in [0, 0.1) is 28.6 Å². The van der Waals surface area contributed by atoms with Crippen molar-refractivity contribution in [1.29, 1.82) is 0 Å². The van der Waals surface area contributed by atoms with Gasteiger partial charge in [-0.1, -0.05) is 41.5 Å². The highest BCUT2D eigenvalue weighted by atomic mass is 28.4. The molecule has 0 aromatic carbocycles. The molecule has 0 radical (unpaired) electrons. The van der Waals surface area contributed by atoms with Crippen LogP contribution in [0.1, 0.15) is 67.7 Å². The maximum atomic E-state index is 14.5. The fourth-order valence-corrected chi connectivity index (χ4v) is 9.38. The van der Waals surface area contributed by atoms with Gasteiger partial charge in [0.1, 0.15) is 5.78 Å². The van der Waals surface area contributed by atoms with Crippen LogP contribution in [0.4, 0.5) is 4.79 Å². The number of aliphatic hydroxyl groups excluding tert-OH is 1. The summed E-state index contributed by atoms with van der Waals surface area (Å²) < 4.78 is 18.8. The summed E-state index contributed by atoms with van der Waals surface area (Å²) in [6.07, 6.45) is -2.17. The predicted octanol–water partition coefficient (Wildman–Crippen LogP) is 4.61. The van der Waals surface area contributed by atoms with Crippen molar-refractivity contribution < 1.29 is 33.7 Å². The van der Waals surface area contributed by atoms with Crippen LogP contribution in [0.15, 0.2) is 11.1 Å². The highest BCUT2D eigenvalue weighted by Crippen LogP contribution is 2.66. The smallest absolute Gasteiger partial charge is 0.426 e. The summed E-state index contributed by atoms with van der Waals surface area (Å²) in [5, 5.41) is 23.2. The molecule has 0 unspecified atom stereocenters. The summed E-state index contributed by atoms with van der Waals surface area (Å²) in [4.78, 5) is 27.5. The Morgan fingerprint density at radius 3 is 2.29 bits per heavy atom. The van der Waals surface area contributed by atoms with Crippen molar-refractivity contribution in [3.05, 3.63) is 11.1 Å². The van der Waals surface area contributed by atoms with Crippen molar-refractivity contribution in [3.8, 4) is 0 Å². The quantitative estimate of drug-likeness (QED) is 0.326. The summed E-state index contributed by atoms with van der Waals surface area (Å²) in [5.74, 6) is -1.51. The van der Waals surface area contributed by atoms with E-state index in [1.165, 1.54) is 0 Å². The van der Waals surface area contributed by atoms with E-state index >= 15 is 0 Å². The zero-order valence-electron chi connectivity index (χ0n) is 23.0. The maximum Gasteiger partial charge on any atom is 0.509 e. The van der Waals surface area contributed by atoms with Crippen molar-refractivity contribution in [2.75, 3.05) is 0 Å². The van der Waals surface area contributed by atoms with E-state index in [2.05, 4.69) is 19.6 Å². The van der Waals surface area contributed by atoms with Gasteiger partial charge in [-0.25, -0.2) is 4.79 Å². The van der Waals surface area contributed by atoms with E-state index in [0.29, 0.717) is 12.8 Å². The van der Waals surface area contributed by atoms with Crippen LogP contribution in [0.5, 0.6) is 0 Å². The lowest BCUT2D eigenvalue weighted by Gasteiger charge is -2.63. The molecule has 2 saturated carbocycles. The van der Waals surface area contributed by atoms with Crippen molar-refractivity contribution in [3.63, 3.8) is 0 Å². The van der Waals surface area contributed by atoms with Crippen LogP contribution in [0.2, 0.25) is 19.6 Å². The number of hydrogen-bond donors (Lipinski definition) is 2. The zero-order chi connectivity index (χ0) is 26.5. The summed E-state index contributed by atoms with van der Waals surface area (Å²) in [6.45, 7) is 20.1. The van der Waals surface area contributed by atoms with Gasteiger partial charge < -0.3 is 24.1 Å². The number of Topliss-reactive ketones (excluding diaryl/α,β-unsaturated/α-hetero) is 1. The second-order valence-corrected chi connectivity index (χ2v) is 17.7. The molecule has 1 spiro atoms. The maximum absolute atomic E-state index is 14.5. The van der Waals surface area contributed by atoms with E-state index in [0.717, 1.165) is 11.1 Å². The lowest BCUT2D eigenvalue weighted by atomic mass is 9.43. The first kappa shape index (κ1) is 26.8. The standard InChI is InChI=1S/C27H44O7Si/c1-11-26(31)18(28)12-14(2)25(7)20(26)22-27(33-23(30)32-22)13-17(34-35(8,9)10)15(3)19(24(27,5)6)16(4)21(25)29/h14,16-18,20,22,28,31H,11-13H2,1-10H3/t14-,16+,17-,18+,20-,22-,25+,26-,27+/m0/s1. The molecule has 4 aliphatic rings. The fraction of sp³-hybridized carbons (Fsp3) is 0.852. The van der Waals surface area contributed by atoms with Gasteiger partial charge in [0.2, 0.25) is 0 Å². The third kappa shape index (κ3) is 3.38. The van der Waals surface area contributed by atoms with Gasteiger partial charge in [0.15, 0.2) is 20.0 Å². The van der Waals surface area contributed by atoms with Crippen LogP contribution < -0.4 is 0 Å². The van der Waals surface area contributed by atoms with Gasteiger partial charge in [-0.3, -0.25) is 4.79 Å². The Morgan fingerprint density at radius 2 is 1.74 bits per heavy atom. The Balaban J connectivity index is 2.07. The Labute approximate surface area is 210 Å². The van der Waals surface area contributed by atoms with Gasteiger partial charge in [0.25, 0.3) is 0 Å². The molecule has 0 amide bonds. The van der Waals surface area contributed by atoms with Crippen LogP contribution in [-0.4, -0.2) is 60.0 Å². The average Bonchev–Trinajstić information content (AvgIpc) is 3.05. The number of ketones is 1. The molecule has 3 fully saturated rings. The van der Waals surface area contributed by atoms with Gasteiger partial charge in [0.05, 0.1) is 17.8 Å². The first-order valence-electron chi connectivity index (χ1n) is 13.1. The lowest BCUT2D eigenvalue weighted by molar-refractivity contribution is -0.244. The van der Waals surface area contributed by atoms with E-state index in [-0.39, 0.29) is 24.2 Å². The molecule has 1 aliphatic heterocycles. The van der Waals surface area contributed by atoms with Crippen LogP contribution >= 0.6 is 0 Å². The number of carbonyl (C=O) groups is 2. The van der Waals surface area contributed by atoms with E-state index in [1.807, 2.05) is 48.5 Å². The lowest BCUT2D eigenvalue weighted by Crippen LogP contribution is -2.74. The number of carbonyl (C=O) groups excluding carboxylic acids is 2. The number of rotatable bonds is 3. The Hall–Kier alpha value is -1.22. The number of aliphatic hydroxyl groups is 2. The SMILES string of the molecule is CC[C@]1(O)[C@H](O)C[C@H](C)[C@@]2(C)C(=O)[C@H](C)C3=C(C)[C@@H](O[Si](C)(C)C)C[C@]4(OC(=O)O[C@H]4[C@H]12)C3(C)C. The molecule has 1 heterocycles. The summed E-state index contributed by atoms with van der Waals surface area (Å²) in [5.41, 5.74) is -2.56. The van der Waals surface area contributed by atoms with Crippen molar-refractivity contribution in [1.82, 2.24) is 0 Å². The summed E-state index contributed by atoms with van der Waals surface area (Å²) >= 11 is 0. The van der Waals surface area contributed by atoms with Gasteiger partial charge in [-0.05, 0) is 56.5 Å². The molecule has 35 heavy (non-hydrogen) atoms. The minimum absolute atomic E-state index is 0.0152. The number of ether oxygens (including phenoxy) is 2. The topological polar surface area (TPSA) is 102 Å². The second-order valence-electron chi connectivity index (χ2n) is 13.3. The molecule has 2 bridgehead atoms. The van der Waals surface area contributed by atoms with Crippen LogP contribution in [-0.2, 0) is 18.7 Å². The van der Waals surface area contributed by atoms with E-state index in [1.54, 1.807) is 0 Å². The van der Waals surface area contributed by atoms with Gasteiger partial charge in [-0.15, -0.1) is 0 Å². The molecule has 0 aromatic rings. The molecule has 8 heteroatoms. The van der Waals surface area contributed by atoms with Gasteiger partial charge in [-0.2, -0.15) is 0 Å². The fourth-order valence-electron chi connectivity index (χ4n) is 8.27. The van der Waals surface area contributed by atoms with Crippen molar-refractivity contribution >= 4 is 20.3 Å². The highest BCUT2D eigenvalue weighted by Gasteiger charge is 2.76. The molecule has 4 rings (SSSR count). The molecular formula is C27H44O7Si. The molecule has 198 valence electrons. The van der Waals surface area contributed by atoms with Gasteiger partial charge >= 0.3 is 6.16 Å². The van der Waals surface area contributed by atoms with Gasteiger partial charge in [0, 0.05) is 29.1 Å².